The molecule has 0 spiro atoms. The molecular formula is C29H54F4O. The maximum Gasteiger partial charge on any atom is 0.312 e. The summed E-state index contributed by atoms with van der Waals surface area (Å²) in [7, 11) is 0. The Morgan fingerprint density at radius 3 is 1.65 bits per heavy atom. The lowest BCUT2D eigenvalue weighted by Crippen LogP contribution is -2.48. The van der Waals surface area contributed by atoms with Gasteiger partial charge in [0, 0.05) is 17.8 Å². The number of alkyl halides is 4. The predicted octanol–water partition coefficient (Wildman–Crippen LogP) is 10.8. The SMILES string of the molecule is CCCCCCCC(CCCC)CC(C)(CC(CCCCCC)C(F)(F)C(F)(F)CC)C(C)=O. The molecule has 0 aromatic rings. The topological polar surface area (TPSA) is 17.1 Å². The number of hydrogen-bond acceptors (Lipinski definition) is 1. The summed E-state index contributed by atoms with van der Waals surface area (Å²) in [5, 5.41) is 0. The van der Waals surface area contributed by atoms with E-state index in [9.17, 15) is 13.6 Å². The van der Waals surface area contributed by atoms with Crippen molar-refractivity contribution in [3.05, 3.63) is 0 Å². The first-order chi connectivity index (χ1) is 15.9. The molecule has 34 heavy (non-hydrogen) atoms. The number of rotatable bonds is 22. The first kappa shape index (κ1) is 33.4. The molecule has 0 radical (unpaired) electrons. The van der Waals surface area contributed by atoms with Crippen LogP contribution in [0.15, 0.2) is 0 Å². The Morgan fingerprint density at radius 2 is 1.15 bits per heavy atom. The molecule has 0 bridgehead atoms. The summed E-state index contributed by atoms with van der Waals surface area (Å²) in [6.45, 7) is 10.7. The van der Waals surface area contributed by atoms with E-state index in [0.717, 1.165) is 64.7 Å². The second kappa shape index (κ2) is 17.0. The van der Waals surface area contributed by atoms with Crippen molar-refractivity contribution in [2.24, 2.45) is 17.3 Å². The van der Waals surface area contributed by atoms with E-state index < -0.39 is 29.6 Å². The number of unbranched alkanes of at least 4 members (excludes halogenated alkanes) is 8. The lowest BCUT2D eigenvalue weighted by Gasteiger charge is -2.39. The maximum absolute atomic E-state index is 15.2. The minimum Gasteiger partial charge on any atom is -0.299 e. The summed E-state index contributed by atoms with van der Waals surface area (Å²) < 4.78 is 59.1. The van der Waals surface area contributed by atoms with E-state index >= 15 is 8.78 Å². The molecule has 0 saturated heterocycles. The van der Waals surface area contributed by atoms with Crippen LogP contribution in [0.25, 0.3) is 0 Å². The zero-order chi connectivity index (χ0) is 26.3. The van der Waals surface area contributed by atoms with Gasteiger partial charge in [0.15, 0.2) is 0 Å². The van der Waals surface area contributed by atoms with Crippen molar-refractivity contribution >= 4 is 5.78 Å². The summed E-state index contributed by atoms with van der Waals surface area (Å²) >= 11 is 0. The number of ketones is 1. The Bertz CT molecular complexity index is 534. The summed E-state index contributed by atoms with van der Waals surface area (Å²) in [5.41, 5.74) is -0.996. The quantitative estimate of drug-likeness (QED) is 0.108. The van der Waals surface area contributed by atoms with Crippen LogP contribution in [0.2, 0.25) is 0 Å². The lowest BCUT2D eigenvalue weighted by atomic mass is 9.68. The third-order valence-corrected chi connectivity index (χ3v) is 7.82. The Hall–Kier alpha value is -0.610. The van der Waals surface area contributed by atoms with E-state index in [0.29, 0.717) is 12.8 Å². The standard InChI is InChI=1S/C29H54F4O/c1-7-11-14-16-17-20-25(19-13-9-3)22-27(6,24(5)34)23-26(21-18-15-12-8-2)29(32,33)28(30,31)10-4/h25-26H,7-23H2,1-6H3. The number of carbonyl (C=O) groups is 1. The van der Waals surface area contributed by atoms with Crippen molar-refractivity contribution in [1.29, 1.82) is 0 Å². The first-order valence-corrected chi connectivity index (χ1v) is 14.2. The molecular weight excluding hydrogens is 440 g/mol. The normalized spacial score (nSPS) is 16.3. The molecule has 0 aliphatic rings. The second-order valence-corrected chi connectivity index (χ2v) is 11.0. The molecule has 3 unspecified atom stereocenters. The van der Waals surface area contributed by atoms with Crippen molar-refractivity contribution in [2.45, 2.75) is 163 Å². The fraction of sp³-hybridized carbons (Fsp3) is 0.966. The molecule has 0 fully saturated rings. The lowest BCUT2D eigenvalue weighted by molar-refractivity contribution is -0.243. The molecule has 1 nitrogen and oxygen atoms in total. The highest BCUT2D eigenvalue weighted by molar-refractivity contribution is 5.81. The summed E-state index contributed by atoms with van der Waals surface area (Å²) in [6.07, 6.45) is 12.5. The Balaban J connectivity index is 5.67. The molecule has 5 heteroatoms. The van der Waals surface area contributed by atoms with E-state index in [2.05, 4.69) is 13.8 Å². The summed E-state index contributed by atoms with van der Waals surface area (Å²) in [6, 6.07) is 0. The van der Waals surface area contributed by atoms with Crippen LogP contribution in [0.5, 0.6) is 0 Å². The van der Waals surface area contributed by atoms with E-state index in [4.69, 9.17) is 0 Å². The van der Waals surface area contributed by atoms with Crippen molar-refractivity contribution in [3.8, 4) is 0 Å². The van der Waals surface area contributed by atoms with Crippen molar-refractivity contribution < 1.29 is 22.4 Å². The average Bonchev–Trinajstić information content (AvgIpc) is 2.78. The van der Waals surface area contributed by atoms with Crippen molar-refractivity contribution in [2.75, 3.05) is 0 Å². The van der Waals surface area contributed by atoms with E-state index in [1.807, 2.05) is 6.92 Å². The van der Waals surface area contributed by atoms with Gasteiger partial charge in [0.05, 0.1) is 0 Å². The number of halogens is 4. The van der Waals surface area contributed by atoms with Gasteiger partial charge in [0.2, 0.25) is 0 Å². The minimum atomic E-state index is -4.11. The third kappa shape index (κ3) is 11.4. The van der Waals surface area contributed by atoms with Gasteiger partial charge < -0.3 is 0 Å². The van der Waals surface area contributed by atoms with Crippen LogP contribution in [0.4, 0.5) is 17.6 Å². The fourth-order valence-electron chi connectivity index (χ4n) is 5.19. The van der Waals surface area contributed by atoms with E-state index in [-0.39, 0.29) is 24.5 Å². The largest absolute Gasteiger partial charge is 0.312 e. The molecule has 0 saturated carbocycles. The van der Waals surface area contributed by atoms with Crippen LogP contribution in [0, 0.1) is 17.3 Å². The molecule has 204 valence electrons. The highest BCUT2D eigenvalue weighted by Gasteiger charge is 2.60. The van der Waals surface area contributed by atoms with Crippen LogP contribution in [-0.2, 0) is 4.79 Å². The van der Waals surface area contributed by atoms with Crippen LogP contribution in [0.1, 0.15) is 151 Å². The van der Waals surface area contributed by atoms with Gasteiger partial charge in [-0.3, -0.25) is 4.79 Å². The van der Waals surface area contributed by atoms with Crippen molar-refractivity contribution in [3.63, 3.8) is 0 Å². The van der Waals surface area contributed by atoms with Gasteiger partial charge in [-0.05, 0) is 32.1 Å². The van der Waals surface area contributed by atoms with Gasteiger partial charge in [-0.2, -0.15) is 17.6 Å². The van der Waals surface area contributed by atoms with Gasteiger partial charge in [0.1, 0.15) is 5.78 Å². The van der Waals surface area contributed by atoms with Gasteiger partial charge >= 0.3 is 11.8 Å². The van der Waals surface area contributed by atoms with Crippen molar-refractivity contribution in [1.82, 2.24) is 0 Å². The summed E-state index contributed by atoms with van der Waals surface area (Å²) in [4.78, 5) is 12.8. The van der Waals surface area contributed by atoms with Gasteiger partial charge in [-0.1, -0.05) is 118 Å². The van der Waals surface area contributed by atoms with Crippen LogP contribution in [-0.4, -0.2) is 17.6 Å². The van der Waals surface area contributed by atoms with Gasteiger partial charge in [0.25, 0.3) is 0 Å². The van der Waals surface area contributed by atoms with Gasteiger partial charge in [-0.25, -0.2) is 0 Å². The molecule has 0 heterocycles. The third-order valence-electron chi connectivity index (χ3n) is 7.82. The molecule has 0 amide bonds. The Morgan fingerprint density at radius 1 is 0.676 bits per heavy atom. The first-order valence-electron chi connectivity index (χ1n) is 14.2. The maximum atomic E-state index is 15.2. The van der Waals surface area contributed by atoms with E-state index in [1.165, 1.54) is 26.2 Å². The predicted molar refractivity (Wildman–Crippen MR) is 137 cm³/mol. The highest BCUT2D eigenvalue weighted by atomic mass is 19.3. The Kier molecular flexibility index (Phi) is 16.6. The molecule has 3 atom stereocenters. The Labute approximate surface area is 208 Å². The number of Topliss-reactive ketones (excluding diaryl/α,β-unsaturated/α-hetero) is 1. The smallest absolute Gasteiger partial charge is 0.299 e. The molecule has 0 aliphatic carbocycles. The molecule has 0 aromatic carbocycles. The number of carbonyl (C=O) groups excluding carboxylic acids is 1. The zero-order valence-corrected chi connectivity index (χ0v) is 23.1. The van der Waals surface area contributed by atoms with Gasteiger partial charge in [-0.15, -0.1) is 0 Å². The molecule has 0 N–H and O–H groups in total. The highest BCUT2D eigenvalue weighted by Crippen LogP contribution is 2.50. The van der Waals surface area contributed by atoms with Crippen LogP contribution in [0.3, 0.4) is 0 Å². The fourth-order valence-corrected chi connectivity index (χ4v) is 5.19. The monoisotopic (exact) mass is 494 g/mol. The van der Waals surface area contributed by atoms with Crippen LogP contribution >= 0.6 is 0 Å². The summed E-state index contributed by atoms with van der Waals surface area (Å²) in [5.74, 6) is -9.51. The van der Waals surface area contributed by atoms with E-state index in [1.54, 1.807) is 6.92 Å². The molecule has 0 aromatic heterocycles. The van der Waals surface area contributed by atoms with Crippen LogP contribution < -0.4 is 0 Å². The second-order valence-electron chi connectivity index (χ2n) is 11.0. The zero-order valence-electron chi connectivity index (χ0n) is 23.1. The average molecular weight is 495 g/mol. The molecule has 0 rings (SSSR count). The minimum absolute atomic E-state index is 0.0438. The molecule has 0 aliphatic heterocycles. The number of hydrogen-bond donors (Lipinski definition) is 0.